The van der Waals surface area contributed by atoms with Crippen molar-refractivity contribution in [1.82, 2.24) is 5.32 Å². The van der Waals surface area contributed by atoms with Gasteiger partial charge in [0, 0.05) is 18.9 Å². The van der Waals surface area contributed by atoms with Crippen LogP contribution in [0.4, 0.5) is 8.78 Å². The van der Waals surface area contributed by atoms with Gasteiger partial charge in [0.2, 0.25) is 0 Å². The van der Waals surface area contributed by atoms with Gasteiger partial charge in [-0.1, -0.05) is 18.7 Å². The number of aliphatic imine (C=N–C) groups is 1. The van der Waals surface area contributed by atoms with Crippen molar-refractivity contribution in [2.75, 3.05) is 0 Å². The Morgan fingerprint density at radius 3 is 2.89 bits per heavy atom. The maximum Gasteiger partial charge on any atom is 0.159 e. The van der Waals surface area contributed by atoms with Gasteiger partial charge in [-0.2, -0.15) is 0 Å². The van der Waals surface area contributed by atoms with Crippen LogP contribution in [-0.4, -0.2) is 5.71 Å². The molecule has 4 heteroatoms. The largest absolute Gasteiger partial charge is 0.387 e. The smallest absolute Gasteiger partial charge is 0.159 e. The van der Waals surface area contributed by atoms with Crippen LogP contribution in [0, 0.1) is 11.6 Å². The Hall–Kier alpha value is -2.23. The number of hydrogen-bond acceptors (Lipinski definition) is 2. The summed E-state index contributed by atoms with van der Waals surface area (Å²) in [6, 6.07) is 3.86. The molecule has 0 spiro atoms. The third-order valence-corrected chi connectivity index (χ3v) is 2.75. The molecule has 0 fully saturated rings. The lowest BCUT2D eigenvalue weighted by molar-refractivity contribution is 0.506. The zero-order valence-corrected chi connectivity index (χ0v) is 10.4. The summed E-state index contributed by atoms with van der Waals surface area (Å²) >= 11 is 0. The van der Waals surface area contributed by atoms with Gasteiger partial charge in [-0.25, -0.2) is 8.78 Å². The molecule has 1 aliphatic heterocycles. The number of allylic oxidation sites excluding steroid dienone is 3. The Balaban J connectivity index is 1.99. The zero-order chi connectivity index (χ0) is 13.7. The van der Waals surface area contributed by atoms with Gasteiger partial charge in [0.25, 0.3) is 0 Å². The first-order valence-electron chi connectivity index (χ1n) is 5.92. The van der Waals surface area contributed by atoms with Crippen LogP contribution in [0.15, 0.2) is 59.9 Å². The summed E-state index contributed by atoms with van der Waals surface area (Å²) in [6.07, 6.45) is 7.97. The average molecular weight is 260 g/mol. The van der Waals surface area contributed by atoms with Crippen LogP contribution in [0.1, 0.15) is 12.0 Å². The molecule has 0 radical (unpaired) electrons. The molecular weight excluding hydrogens is 246 g/mol. The van der Waals surface area contributed by atoms with E-state index in [1.807, 2.05) is 12.3 Å². The summed E-state index contributed by atoms with van der Waals surface area (Å²) in [4.78, 5) is 4.18. The first-order valence-corrected chi connectivity index (χ1v) is 5.92. The quantitative estimate of drug-likeness (QED) is 0.880. The van der Waals surface area contributed by atoms with E-state index in [1.165, 1.54) is 6.07 Å². The lowest BCUT2D eigenvalue weighted by Gasteiger charge is -2.09. The summed E-state index contributed by atoms with van der Waals surface area (Å²) in [5.41, 5.74) is 2.51. The summed E-state index contributed by atoms with van der Waals surface area (Å²) < 4.78 is 25.8. The van der Waals surface area contributed by atoms with Crippen molar-refractivity contribution in [2.45, 2.75) is 13.0 Å². The fourth-order valence-corrected chi connectivity index (χ4v) is 1.76. The summed E-state index contributed by atoms with van der Waals surface area (Å²) in [6.45, 7) is 4.12. The molecule has 19 heavy (non-hydrogen) atoms. The number of nitrogens with one attached hydrogen (secondary N) is 1. The Bertz CT molecular complexity index is 572. The monoisotopic (exact) mass is 260 g/mol. The molecular formula is C15H14F2N2. The van der Waals surface area contributed by atoms with E-state index >= 15 is 0 Å². The van der Waals surface area contributed by atoms with Crippen molar-refractivity contribution >= 4 is 5.71 Å². The molecule has 0 saturated carbocycles. The van der Waals surface area contributed by atoms with Crippen LogP contribution in [0.5, 0.6) is 0 Å². The van der Waals surface area contributed by atoms with Gasteiger partial charge in [-0.15, -0.1) is 0 Å². The Labute approximate surface area is 110 Å². The van der Waals surface area contributed by atoms with Crippen molar-refractivity contribution in [1.29, 1.82) is 0 Å². The van der Waals surface area contributed by atoms with E-state index in [4.69, 9.17) is 0 Å². The minimum absolute atomic E-state index is 0.425. The summed E-state index contributed by atoms with van der Waals surface area (Å²) in [5, 5.41) is 3.07. The molecule has 0 saturated heterocycles. The second-order valence-electron chi connectivity index (χ2n) is 4.11. The Morgan fingerprint density at radius 1 is 1.32 bits per heavy atom. The average Bonchev–Trinajstić information content (AvgIpc) is 2.43. The molecule has 1 aromatic carbocycles. The topological polar surface area (TPSA) is 24.4 Å². The van der Waals surface area contributed by atoms with E-state index in [0.29, 0.717) is 12.1 Å². The number of halogens is 2. The molecule has 0 unspecified atom stereocenters. The number of nitrogens with zero attached hydrogens (tertiary/aromatic N) is 1. The summed E-state index contributed by atoms with van der Waals surface area (Å²) in [5.74, 6) is -1.67. The van der Waals surface area contributed by atoms with E-state index in [0.717, 1.165) is 23.8 Å². The van der Waals surface area contributed by atoms with Gasteiger partial charge in [-0.05, 0) is 35.8 Å². The maximum absolute atomic E-state index is 13.0. The van der Waals surface area contributed by atoms with Gasteiger partial charge >= 0.3 is 0 Å². The first kappa shape index (κ1) is 13.2. The predicted octanol–water partition coefficient (Wildman–Crippen LogP) is 3.48. The molecule has 2 nitrogen and oxygen atoms in total. The van der Waals surface area contributed by atoms with Crippen LogP contribution in [0.3, 0.4) is 0 Å². The fourth-order valence-electron chi connectivity index (χ4n) is 1.76. The lowest BCUT2D eigenvalue weighted by Crippen LogP contribution is -2.10. The third kappa shape index (κ3) is 3.37. The van der Waals surface area contributed by atoms with Gasteiger partial charge < -0.3 is 5.32 Å². The molecule has 1 N–H and O–H groups in total. The molecule has 0 amide bonds. The van der Waals surface area contributed by atoms with Crippen molar-refractivity contribution in [3.63, 3.8) is 0 Å². The standard InChI is InChI=1S/C15H14F2N2/c1-2-15-12(4-3-7-19-15)10-18-9-11-5-6-13(16)14(17)8-11/h2-3,5-8,10,18H,1,4,9H2/b12-10+. The molecule has 1 aliphatic rings. The minimum atomic E-state index is -0.833. The normalized spacial score (nSPS) is 16.3. The van der Waals surface area contributed by atoms with Gasteiger partial charge in [0.1, 0.15) is 0 Å². The van der Waals surface area contributed by atoms with E-state index in [-0.39, 0.29) is 0 Å². The zero-order valence-electron chi connectivity index (χ0n) is 10.4. The number of rotatable bonds is 4. The second kappa shape index (κ2) is 6.09. The molecule has 2 rings (SSSR count). The molecule has 98 valence electrons. The van der Waals surface area contributed by atoms with E-state index in [9.17, 15) is 8.78 Å². The highest BCUT2D eigenvalue weighted by molar-refractivity contribution is 6.08. The molecule has 0 atom stereocenters. The van der Waals surface area contributed by atoms with Crippen LogP contribution >= 0.6 is 0 Å². The molecule has 1 aromatic rings. The van der Waals surface area contributed by atoms with Crippen LogP contribution in [0.25, 0.3) is 0 Å². The molecule has 0 aliphatic carbocycles. The molecule has 0 bridgehead atoms. The lowest BCUT2D eigenvalue weighted by atomic mass is 10.1. The predicted molar refractivity (Wildman–Crippen MR) is 72.7 cm³/mol. The number of hydrogen-bond donors (Lipinski definition) is 1. The van der Waals surface area contributed by atoms with Crippen molar-refractivity contribution in [3.8, 4) is 0 Å². The highest BCUT2D eigenvalue weighted by Crippen LogP contribution is 2.12. The highest BCUT2D eigenvalue weighted by atomic mass is 19.2. The Morgan fingerprint density at radius 2 is 2.16 bits per heavy atom. The van der Waals surface area contributed by atoms with Gasteiger partial charge in [0.05, 0.1) is 5.71 Å². The number of benzene rings is 1. The maximum atomic E-state index is 13.0. The van der Waals surface area contributed by atoms with Crippen molar-refractivity contribution in [3.05, 3.63) is 72.1 Å². The minimum Gasteiger partial charge on any atom is -0.387 e. The molecule has 0 aromatic heterocycles. The van der Waals surface area contributed by atoms with Crippen molar-refractivity contribution < 1.29 is 8.78 Å². The first-order chi connectivity index (χ1) is 9.20. The van der Waals surface area contributed by atoms with Gasteiger partial charge in [0.15, 0.2) is 11.6 Å². The van der Waals surface area contributed by atoms with Crippen LogP contribution in [-0.2, 0) is 6.54 Å². The van der Waals surface area contributed by atoms with Gasteiger partial charge in [-0.3, -0.25) is 4.99 Å². The fraction of sp³-hybridized carbons (Fsp3) is 0.133. The summed E-state index contributed by atoms with van der Waals surface area (Å²) in [7, 11) is 0. The molecule has 1 heterocycles. The van der Waals surface area contributed by atoms with Crippen LogP contribution < -0.4 is 5.32 Å². The third-order valence-electron chi connectivity index (χ3n) is 2.75. The van der Waals surface area contributed by atoms with Crippen molar-refractivity contribution in [2.24, 2.45) is 4.99 Å². The van der Waals surface area contributed by atoms with E-state index < -0.39 is 11.6 Å². The van der Waals surface area contributed by atoms with E-state index in [1.54, 1.807) is 18.3 Å². The highest BCUT2D eigenvalue weighted by Gasteiger charge is 2.05. The second-order valence-corrected chi connectivity index (χ2v) is 4.11. The van der Waals surface area contributed by atoms with E-state index in [2.05, 4.69) is 16.9 Å². The SMILES string of the molecule is C=CC1=NC=CC/C1=C\NCc1ccc(F)c(F)c1. The van der Waals surface area contributed by atoms with Crippen LogP contribution in [0.2, 0.25) is 0 Å². The Kier molecular flexibility index (Phi) is 4.23.